The minimum atomic E-state index is -0.338. The van der Waals surface area contributed by atoms with Crippen LogP contribution in [0, 0.1) is 5.92 Å². The number of carbonyl (C=O) groups excluding carboxylic acids is 1. The van der Waals surface area contributed by atoms with Crippen LogP contribution in [0.3, 0.4) is 0 Å². The molecule has 1 aliphatic rings. The van der Waals surface area contributed by atoms with Crippen LogP contribution in [0.2, 0.25) is 0 Å². The lowest BCUT2D eigenvalue weighted by Gasteiger charge is -2.12. The Bertz CT molecular complexity index is 185. The fraction of sp³-hybridized carbons (Fsp3) is 0.700. The average Bonchev–Trinajstić information content (AvgIpc) is 2.95. The summed E-state index contributed by atoms with van der Waals surface area (Å²) in [5.41, 5.74) is 0. The van der Waals surface area contributed by atoms with Gasteiger partial charge in [-0.2, -0.15) is 0 Å². The maximum Gasteiger partial charge on any atom is 0.330 e. The molecular formula is C10H16O3. The van der Waals surface area contributed by atoms with E-state index in [0.29, 0.717) is 18.6 Å². The highest BCUT2D eigenvalue weighted by Crippen LogP contribution is 2.21. The summed E-state index contributed by atoms with van der Waals surface area (Å²) < 4.78 is 10.1. The maximum absolute atomic E-state index is 10.8. The largest absolute Gasteiger partial charge is 0.462 e. The van der Waals surface area contributed by atoms with E-state index in [4.69, 9.17) is 9.47 Å². The smallest absolute Gasteiger partial charge is 0.330 e. The van der Waals surface area contributed by atoms with Crippen molar-refractivity contribution in [2.45, 2.75) is 25.9 Å². The summed E-state index contributed by atoms with van der Waals surface area (Å²) in [5.74, 6) is 0.0894. The van der Waals surface area contributed by atoms with Crippen LogP contribution in [-0.4, -0.2) is 25.3 Å². The highest BCUT2D eigenvalue weighted by Gasteiger charge is 2.26. The molecule has 0 aromatic rings. The first-order valence-corrected chi connectivity index (χ1v) is 4.67. The Morgan fingerprint density at radius 2 is 2.54 bits per heavy atom. The molecule has 0 aliphatic carbocycles. The fourth-order valence-electron chi connectivity index (χ4n) is 1.19. The molecule has 1 fully saturated rings. The van der Waals surface area contributed by atoms with Crippen LogP contribution in [0.4, 0.5) is 0 Å². The molecule has 0 saturated carbocycles. The van der Waals surface area contributed by atoms with E-state index in [-0.39, 0.29) is 5.97 Å². The van der Waals surface area contributed by atoms with Gasteiger partial charge in [0.25, 0.3) is 0 Å². The second kappa shape index (κ2) is 5.02. The molecule has 74 valence electrons. The quantitative estimate of drug-likeness (QED) is 0.357. The minimum Gasteiger partial charge on any atom is -0.462 e. The third-order valence-electron chi connectivity index (χ3n) is 2.20. The van der Waals surface area contributed by atoms with E-state index in [0.717, 1.165) is 19.4 Å². The first kappa shape index (κ1) is 10.3. The lowest BCUT2D eigenvalue weighted by molar-refractivity contribution is -0.139. The first-order valence-electron chi connectivity index (χ1n) is 4.67. The van der Waals surface area contributed by atoms with Crippen LogP contribution in [0.15, 0.2) is 12.7 Å². The molecule has 3 heteroatoms. The number of epoxide rings is 1. The van der Waals surface area contributed by atoms with Crippen molar-refractivity contribution in [2.24, 2.45) is 5.92 Å². The van der Waals surface area contributed by atoms with Crippen LogP contribution >= 0.6 is 0 Å². The molecule has 2 unspecified atom stereocenters. The third-order valence-corrected chi connectivity index (χ3v) is 2.20. The number of hydrogen-bond donors (Lipinski definition) is 0. The van der Waals surface area contributed by atoms with Gasteiger partial charge >= 0.3 is 5.97 Å². The zero-order valence-corrected chi connectivity index (χ0v) is 7.99. The van der Waals surface area contributed by atoms with E-state index in [1.807, 2.05) is 0 Å². The van der Waals surface area contributed by atoms with Crippen LogP contribution in [0.25, 0.3) is 0 Å². The second-order valence-corrected chi connectivity index (χ2v) is 3.30. The van der Waals surface area contributed by atoms with Crippen molar-refractivity contribution in [2.75, 3.05) is 13.2 Å². The standard InChI is InChI=1S/C10H16O3/c1-3-8(5-9-7-12-9)6-13-10(11)4-2/h4,8-9H,2-3,5-7H2,1H3. The monoisotopic (exact) mass is 184 g/mol. The summed E-state index contributed by atoms with van der Waals surface area (Å²) >= 11 is 0. The van der Waals surface area contributed by atoms with E-state index < -0.39 is 0 Å². The number of rotatable bonds is 6. The van der Waals surface area contributed by atoms with Gasteiger partial charge in [-0.1, -0.05) is 13.5 Å². The van der Waals surface area contributed by atoms with Gasteiger partial charge in [0.2, 0.25) is 0 Å². The molecule has 13 heavy (non-hydrogen) atoms. The van der Waals surface area contributed by atoms with Crippen LogP contribution in [-0.2, 0) is 14.3 Å². The Morgan fingerprint density at radius 3 is 3.00 bits per heavy atom. The van der Waals surface area contributed by atoms with Gasteiger partial charge in [0.05, 0.1) is 19.3 Å². The van der Waals surface area contributed by atoms with E-state index >= 15 is 0 Å². The minimum absolute atomic E-state index is 0.338. The van der Waals surface area contributed by atoms with Gasteiger partial charge in [0.1, 0.15) is 0 Å². The van der Waals surface area contributed by atoms with Gasteiger partial charge in [0, 0.05) is 6.08 Å². The summed E-state index contributed by atoms with van der Waals surface area (Å²) in [6, 6.07) is 0. The first-order chi connectivity index (χ1) is 6.26. The van der Waals surface area contributed by atoms with E-state index in [1.165, 1.54) is 6.08 Å². The third kappa shape index (κ3) is 4.08. The SMILES string of the molecule is C=CC(=O)OCC(CC)CC1CO1. The number of hydrogen-bond acceptors (Lipinski definition) is 3. The lowest BCUT2D eigenvalue weighted by Crippen LogP contribution is -2.14. The molecule has 1 aliphatic heterocycles. The van der Waals surface area contributed by atoms with Crippen molar-refractivity contribution in [1.29, 1.82) is 0 Å². The zero-order chi connectivity index (χ0) is 9.68. The summed E-state index contributed by atoms with van der Waals surface area (Å²) in [7, 11) is 0. The van der Waals surface area contributed by atoms with Crippen LogP contribution in [0.1, 0.15) is 19.8 Å². The molecule has 2 atom stereocenters. The predicted molar refractivity (Wildman–Crippen MR) is 49.3 cm³/mol. The van der Waals surface area contributed by atoms with E-state index in [9.17, 15) is 4.79 Å². The van der Waals surface area contributed by atoms with E-state index in [1.54, 1.807) is 0 Å². The average molecular weight is 184 g/mol. The molecule has 3 nitrogen and oxygen atoms in total. The van der Waals surface area contributed by atoms with Crippen molar-refractivity contribution in [3.63, 3.8) is 0 Å². The number of esters is 1. The van der Waals surface area contributed by atoms with Gasteiger partial charge in [0.15, 0.2) is 0 Å². The van der Waals surface area contributed by atoms with Gasteiger partial charge in [-0.15, -0.1) is 0 Å². The normalized spacial score (nSPS) is 22.1. The molecule has 0 aromatic carbocycles. The Hall–Kier alpha value is -0.830. The molecule has 1 saturated heterocycles. The van der Waals surface area contributed by atoms with Crippen molar-refractivity contribution >= 4 is 5.97 Å². The molecule has 0 amide bonds. The van der Waals surface area contributed by atoms with Gasteiger partial charge in [-0.05, 0) is 18.8 Å². The molecule has 1 rings (SSSR count). The second-order valence-electron chi connectivity index (χ2n) is 3.30. The predicted octanol–water partition coefficient (Wildman–Crippen LogP) is 1.53. The molecule has 0 radical (unpaired) electrons. The molecule has 0 N–H and O–H groups in total. The van der Waals surface area contributed by atoms with Crippen molar-refractivity contribution in [1.82, 2.24) is 0 Å². The van der Waals surface area contributed by atoms with Crippen molar-refractivity contribution in [3.05, 3.63) is 12.7 Å². The highest BCUT2D eigenvalue weighted by atomic mass is 16.6. The number of carbonyl (C=O) groups is 1. The number of ether oxygens (including phenoxy) is 2. The molecule has 0 bridgehead atoms. The summed E-state index contributed by atoms with van der Waals surface area (Å²) in [5, 5.41) is 0. The maximum atomic E-state index is 10.8. The highest BCUT2D eigenvalue weighted by molar-refractivity contribution is 5.81. The van der Waals surface area contributed by atoms with Crippen LogP contribution < -0.4 is 0 Å². The van der Waals surface area contributed by atoms with Crippen molar-refractivity contribution in [3.8, 4) is 0 Å². The Labute approximate surface area is 78.7 Å². The van der Waals surface area contributed by atoms with Crippen molar-refractivity contribution < 1.29 is 14.3 Å². The Balaban J connectivity index is 2.14. The summed E-state index contributed by atoms with van der Waals surface area (Å²) in [4.78, 5) is 10.8. The van der Waals surface area contributed by atoms with Gasteiger partial charge in [-0.25, -0.2) is 4.79 Å². The fourth-order valence-corrected chi connectivity index (χ4v) is 1.19. The lowest BCUT2D eigenvalue weighted by atomic mass is 10.0. The van der Waals surface area contributed by atoms with Crippen LogP contribution in [0.5, 0.6) is 0 Å². The Kier molecular flexibility index (Phi) is 3.96. The topological polar surface area (TPSA) is 38.8 Å². The zero-order valence-electron chi connectivity index (χ0n) is 7.99. The molecule has 0 aromatic heterocycles. The molecular weight excluding hydrogens is 168 g/mol. The summed E-state index contributed by atoms with van der Waals surface area (Å²) in [6.07, 6.45) is 3.62. The van der Waals surface area contributed by atoms with E-state index in [2.05, 4.69) is 13.5 Å². The van der Waals surface area contributed by atoms with Gasteiger partial charge in [-0.3, -0.25) is 0 Å². The molecule has 0 spiro atoms. The van der Waals surface area contributed by atoms with Gasteiger partial charge < -0.3 is 9.47 Å². The Morgan fingerprint density at radius 1 is 1.85 bits per heavy atom. The summed E-state index contributed by atoms with van der Waals surface area (Å²) in [6.45, 7) is 6.78. The molecule has 1 heterocycles.